The zero-order valence-corrected chi connectivity index (χ0v) is 23.0. The molecule has 1 fully saturated rings. The van der Waals surface area contributed by atoms with E-state index < -0.39 is 5.60 Å². The van der Waals surface area contributed by atoms with Crippen LogP contribution in [0.15, 0.2) is 48.7 Å². The molecule has 0 spiro atoms. The van der Waals surface area contributed by atoms with Gasteiger partial charge in [-0.15, -0.1) is 0 Å². The van der Waals surface area contributed by atoms with Crippen molar-refractivity contribution in [1.82, 2.24) is 14.7 Å². The summed E-state index contributed by atoms with van der Waals surface area (Å²) in [6.07, 6.45) is 2.56. The number of hydrogen-bond donors (Lipinski definition) is 1. The summed E-state index contributed by atoms with van der Waals surface area (Å²) in [6.45, 7) is 6.58. The minimum atomic E-state index is -0.562. The van der Waals surface area contributed by atoms with Crippen molar-refractivity contribution in [3.05, 3.63) is 64.9 Å². The van der Waals surface area contributed by atoms with E-state index in [1.165, 1.54) is 7.11 Å². The van der Waals surface area contributed by atoms with Crippen LogP contribution in [0.4, 0.5) is 10.5 Å². The second-order valence-corrected chi connectivity index (χ2v) is 10.5. The lowest BCUT2D eigenvalue weighted by Gasteiger charge is -2.34. The summed E-state index contributed by atoms with van der Waals surface area (Å²) >= 11 is 6.17. The van der Waals surface area contributed by atoms with E-state index in [1.807, 2.05) is 45.0 Å². The van der Waals surface area contributed by atoms with Crippen molar-refractivity contribution in [2.24, 2.45) is 0 Å². The average molecular weight is 541 g/mol. The van der Waals surface area contributed by atoms with Crippen LogP contribution >= 0.6 is 11.6 Å². The number of nitrogens with one attached hydrogen (secondary N) is 1. The van der Waals surface area contributed by atoms with Crippen LogP contribution in [-0.4, -0.2) is 59.6 Å². The van der Waals surface area contributed by atoms with Crippen molar-refractivity contribution in [2.75, 3.05) is 32.6 Å². The van der Waals surface area contributed by atoms with Gasteiger partial charge in [-0.3, -0.25) is 4.79 Å². The predicted octanol–water partition coefficient (Wildman–Crippen LogP) is 5.91. The Kier molecular flexibility index (Phi) is 8.16. The Balaban J connectivity index is 1.64. The molecule has 38 heavy (non-hydrogen) atoms. The van der Waals surface area contributed by atoms with Crippen molar-refractivity contribution in [3.8, 4) is 17.2 Å². The summed E-state index contributed by atoms with van der Waals surface area (Å²) < 4.78 is 18.0. The molecule has 1 saturated heterocycles. The van der Waals surface area contributed by atoms with Gasteiger partial charge in [-0.25, -0.2) is 9.48 Å². The molecular formula is C28H33ClN4O5. The number of methoxy groups -OCH3 is 2. The molecule has 3 aromatic rings. The van der Waals surface area contributed by atoms with Gasteiger partial charge in [0.15, 0.2) is 0 Å². The number of likely N-dealkylation sites (tertiary alicyclic amines) is 1. The smallest absolute Gasteiger partial charge is 0.410 e. The molecule has 0 saturated carbocycles. The van der Waals surface area contributed by atoms with Crippen LogP contribution in [0, 0.1) is 0 Å². The number of ether oxygens (including phenoxy) is 3. The molecule has 1 aromatic heterocycles. The molecule has 2 heterocycles. The SMILES string of the molecule is COc1ccc(-n2ncc(C(=O)Nc3cc(Cl)ccc3OC)c2C2CCN(C(=O)OC(C)(C)C)CC2)cc1. The van der Waals surface area contributed by atoms with Crippen LogP contribution < -0.4 is 14.8 Å². The van der Waals surface area contributed by atoms with E-state index in [0.717, 1.165) is 17.1 Å². The standard InChI is InChI=1S/C28H33ClN4O5/c1-28(2,3)38-27(35)32-14-12-18(13-15-32)25-22(17-30-33(25)20-7-9-21(36-4)10-8-20)26(34)31-23-16-19(29)6-11-24(23)37-5/h6-11,16-18H,12-15H2,1-5H3,(H,31,34). The number of nitrogens with zero attached hydrogens (tertiary/aromatic N) is 3. The summed E-state index contributed by atoms with van der Waals surface area (Å²) in [4.78, 5) is 27.9. The van der Waals surface area contributed by atoms with Gasteiger partial charge in [-0.05, 0) is 76.1 Å². The van der Waals surface area contributed by atoms with Crippen molar-refractivity contribution in [2.45, 2.75) is 45.1 Å². The fraction of sp³-hybridized carbons (Fsp3) is 0.393. The van der Waals surface area contributed by atoms with E-state index in [-0.39, 0.29) is 17.9 Å². The highest BCUT2D eigenvalue weighted by molar-refractivity contribution is 6.31. The fourth-order valence-corrected chi connectivity index (χ4v) is 4.66. The first-order valence-electron chi connectivity index (χ1n) is 12.4. The lowest BCUT2D eigenvalue weighted by Crippen LogP contribution is -2.41. The zero-order chi connectivity index (χ0) is 27.4. The third kappa shape index (κ3) is 6.22. The van der Waals surface area contributed by atoms with Gasteiger partial charge >= 0.3 is 6.09 Å². The van der Waals surface area contributed by atoms with Gasteiger partial charge in [0, 0.05) is 24.0 Å². The van der Waals surface area contributed by atoms with Gasteiger partial charge in [-0.1, -0.05) is 11.6 Å². The Morgan fingerprint density at radius 3 is 2.32 bits per heavy atom. The maximum atomic E-state index is 13.6. The molecule has 9 nitrogen and oxygen atoms in total. The summed E-state index contributed by atoms with van der Waals surface area (Å²) in [5.41, 5.74) is 1.92. The first kappa shape index (κ1) is 27.3. The van der Waals surface area contributed by atoms with Gasteiger partial charge in [0.2, 0.25) is 0 Å². The molecule has 0 aliphatic carbocycles. The Morgan fingerprint density at radius 1 is 1.03 bits per heavy atom. The van der Waals surface area contributed by atoms with Crippen molar-refractivity contribution in [1.29, 1.82) is 0 Å². The minimum Gasteiger partial charge on any atom is -0.497 e. The third-order valence-electron chi connectivity index (χ3n) is 6.31. The molecule has 1 N–H and O–H groups in total. The molecule has 0 radical (unpaired) electrons. The summed E-state index contributed by atoms with van der Waals surface area (Å²) in [6, 6.07) is 12.5. The molecule has 10 heteroatoms. The molecule has 0 bridgehead atoms. The molecule has 202 valence electrons. The quantitative estimate of drug-likeness (QED) is 0.417. The number of rotatable bonds is 6. The number of anilines is 1. The Hall–Kier alpha value is -3.72. The van der Waals surface area contributed by atoms with Crippen molar-refractivity contribution in [3.63, 3.8) is 0 Å². The first-order valence-corrected chi connectivity index (χ1v) is 12.8. The average Bonchev–Trinajstić information content (AvgIpc) is 3.33. The second kappa shape index (κ2) is 11.3. The number of halogens is 1. The normalized spacial score (nSPS) is 14.2. The number of carbonyl (C=O) groups is 2. The van der Waals surface area contributed by atoms with Gasteiger partial charge in [-0.2, -0.15) is 5.10 Å². The molecule has 2 amide bonds. The third-order valence-corrected chi connectivity index (χ3v) is 6.55. The molecule has 0 unspecified atom stereocenters. The maximum Gasteiger partial charge on any atom is 0.410 e. The topological polar surface area (TPSA) is 94.9 Å². The largest absolute Gasteiger partial charge is 0.497 e. The van der Waals surface area contributed by atoms with E-state index in [2.05, 4.69) is 10.4 Å². The van der Waals surface area contributed by atoms with Crippen LogP contribution in [-0.2, 0) is 4.74 Å². The molecular weight excluding hydrogens is 508 g/mol. The van der Waals surface area contributed by atoms with E-state index in [0.29, 0.717) is 48.0 Å². The molecule has 2 aromatic carbocycles. The number of benzene rings is 2. The van der Waals surface area contributed by atoms with Crippen molar-refractivity contribution >= 4 is 29.3 Å². The van der Waals surface area contributed by atoms with Gasteiger partial charge in [0.1, 0.15) is 17.1 Å². The van der Waals surface area contributed by atoms with Crippen LogP contribution in [0.25, 0.3) is 5.69 Å². The zero-order valence-electron chi connectivity index (χ0n) is 22.3. The van der Waals surface area contributed by atoms with Gasteiger partial charge in [0.25, 0.3) is 5.91 Å². The minimum absolute atomic E-state index is 0.0136. The lowest BCUT2D eigenvalue weighted by molar-refractivity contribution is 0.0203. The molecule has 4 rings (SSSR count). The first-order chi connectivity index (χ1) is 18.1. The molecule has 1 aliphatic heterocycles. The Morgan fingerprint density at radius 2 is 1.71 bits per heavy atom. The summed E-state index contributed by atoms with van der Waals surface area (Å²) in [7, 11) is 3.14. The van der Waals surface area contributed by atoms with E-state index >= 15 is 0 Å². The van der Waals surface area contributed by atoms with Crippen LogP contribution in [0.2, 0.25) is 5.02 Å². The second-order valence-electron chi connectivity index (χ2n) is 10.1. The number of aromatic nitrogens is 2. The molecule has 0 atom stereocenters. The monoisotopic (exact) mass is 540 g/mol. The Labute approximate surface area is 227 Å². The highest BCUT2D eigenvalue weighted by atomic mass is 35.5. The van der Waals surface area contributed by atoms with Crippen molar-refractivity contribution < 1.29 is 23.8 Å². The highest BCUT2D eigenvalue weighted by Gasteiger charge is 2.32. The van der Waals surface area contributed by atoms with Crippen LogP contribution in [0.5, 0.6) is 11.5 Å². The van der Waals surface area contributed by atoms with E-state index in [4.69, 9.17) is 25.8 Å². The number of carbonyl (C=O) groups excluding carboxylic acids is 2. The van der Waals surface area contributed by atoms with Gasteiger partial charge < -0.3 is 24.4 Å². The summed E-state index contributed by atoms with van der Waals surface area (Å²) in [5.74, 6) is 0.881. The predicted molar refractivity (Wildman–Crippen MR) is 146 cm³/mol. The summed E-state index contributed by atoms with van der Waals surface area (Å²) in [5, 5.41) is 8.00. The number of piperidine rings is 1. The maximum absolute atomic E-state index is 13.6. The Bertz CT molecular complexity index is 1290. The van der Waals surface area contributed by atoms with Crippen LogP contribution in [0.3, 0.4) is 0 Å². The lowest BCUT2D eigenvalue weighted by atomic mass is 9.90. The highest BCUT2D eigenvalue weighted by Crippen LogP contribution is 2.34. The number of hydrogen-bond acceptors (Lipinski definition) is 6. The van der Waals surface area contributed by atoms with Gasteiger partial charge in [0.05, 0.1) is 43.0 Å². The van der Waals surface area contributed by atoms with Crippen LogP contribution in [0.1, 0.15) is 55.6 Å². The fourth-order valence-electron chi connectivity index (χ4n) is 4.48. The van der Waals surface area contributed by atoms with E-state index in [9.17, 15) is 9.59 Å². The molecule has 1 aliphatic rings. The number of amides is 2. The van der Waals surface area contributed by atoms with E-state index in [1.54, 1.807) is 41.1 Å².